The number of nitrogen functional groups attached to an aromatic ring is 1. The van der Waals surface area contributed by atoms with Crippen molar-refractivity contribution in [1.29, 1.82) is 0 Å². The Morgan fingerprint density at radius 1 is 1.20 bits per heavy atom. The molecule has 6 heteroatoms. The minimum Gasteiger partial charge on any atom is -0.382 e. The average Bonchev–Trinajstić information content (AvgIpc) is 2.83. The van der Waals surface area contributed by atoms with Crippen LogP contribution in [-0.2, 0) is 0 Å². The van der Waals surface area contributed by atoms with Gasteiger partial charge in [-0.15, -0.1) is 0 Å². The molecule has 3 heterocycles. The Bertz CT molecular complexity index is 746. The molecule has 20 heavy (non-hydrogen) atoms. The summed E-state index contributed by atoms with van der Waals surface area (Å²) in [5, 5.41) is 4.44. The number of aromatic amines is 1. The van der Waals surface area contributed by atoms with Crippen molar-refractivity contribution in [3.8, 4) is 11.3 Å². The van der Waals surface area contributed by atoms with E-state index in [0.717, 1.165) is 28.0 Å². The molecule has 0 radical (unpaired) electrons. The van der Waals surface area contributed by atoms with E-state index in [1.54, 1.807) is 12.4 Å². The molecule has 0 saturated heterocycles. The third-order valence-electron chi connectivity index (χ3n) is 2.97. The molecule has 0 aliphatic heterocycles. The number of aromatic nitrogens is 4. The molecule has 3 aromatic heterocycles. The fraction of sp³-hybridized carbons (Fsp3) is 0.214. The average molecular weight is 268 g/mol. The lowest BCUT2D eigenvalue weighted by Crippen LogP contribution is -2.10. The van der Waals surface area contributed by atoms with Crippen LogP contribution in [0.3, 0.4) is 0 Å². The summed E-state index contributed by atoms with van der Waals surface area (Å²) in [6.07, 6.45) is 5.33. The first-order valence-corrected chi connectivity index (χ1v) is 6.46. The van der Waals surface area contributed by atoms with E-state index in [1.807, 2.05) is 18.3 Å². The summed E-state index contributed by atoms with van der Waals surface area (Å²) in [4.78, 5) is 15.7. The normalized spacial score (nSPS) is 11.2. The van der Waals surface area contributed by atoms with Gasteiger partial charge in [0.05, 0.1) is 11.1 Å². The van der Waals surface area contributed by atoms with Gasteiger partial charge in [0.2, 0.25) is 5.95 Å². The molecule has 0 bridgehead atoms. The number of fused-ring (bicyclic) bond motifs is 1. The Morgan fingerprint density at radius 3 is 2.75 bits per heavy atom. The maximum Gasteiger partial charge on any atom is 0.220 e. The van der Waals surface area contributed by atoms with Crippen molar-refractivity contribution >= 4 is 22.7 Å². The third kappa shape index (κ3) is 2.16. The number of nitrogens with one attached hydrogen (secondary N) is 2. The second-order valence-corrected chi connectivity index (χ2v) is 4.88. The molecule has 6 nitrogen and oxygen atoms in total. The van der Waals surface area contributed by atoms with Crippen molar-refractivity contribution in [2.45, 2.75) is 19.9 Å². The highest BCUT2D eigenvalue weighted by molar-refractivity contribution is 6.01. The molecule has 0 aliphatic carbocycles. The van der Waals surface area contributed by atoms with Gasteiger partial charge in [0, 0.05) is 35.9 Å². The van der Waals surface area contributed by atoms with E-state index in [9.17, 15) is 0 Å². The number of pyridine rings is 1. The molecular weight excluding hydrogens is 252 g/mol. The highest BCUT2D eigenvalue weighted by atomic mass is 15.0. The topological polar surface area (TPSA) is 92.5 Å². The summed E-state index contributed by atoms with van der Waals surface area (Å²) in [5.41, 5.74) is 9.26. The largest absolute Gasteiger partial charge is 0.382 e. The van der Waals surface area contributed by atoms with Crippen molar-refractivity contribution in [3.05, 3.63) is 30.7 Å². The van der Waals surface area contributed by atoms with Gasteiger partial charge in [-0.1, -0.05) is 0 Å². The zero-order valence-corrected chi connectivity index (χ0v) is 11.4. The fourth-order valence-electron chi connectivity index (χ4n) is 2.21. The monoisotopic (exact) mass is 268 g/mol. The van der Waals surface area contributed by atoms with Crippen LogP contribution >= 0.6 is 0 Å². The SMILES string of the molecule is CC(C)Nc1ccnc2[nH]cc(-c3ccnc(N)n3)c12. The van der Waals surface area contributed by atoms with Crippen molar-refractivity contribution in [3.63, 3.8) is 0 Å². The zero-order chi connectivity index (χ0) is 14.1. The predicted molar refractivity (Wildman–Crippen MR) is 80.3 cm³/mol. The predicted octanol–water partition coefficient (Wildman–Crippen LogP) is 2.42. The fourth-order valence-corrected chi connectivity index (χ4v) is 2.21. The van der Waals surface area contributed by atoms with Crippen LogP contribution in [0.4, 0.5) is 11.6 Å². The lowest BCUT2D eigenvalue weighted by molar-refractivity contribution is 0.901. The van der Waals surface area contributed by atoms with E-state index in [0.29, 0.717) is 6.04 Å². The van der Waals surface area contributed by atoms with E-state index in [1.165, 1.54) is 0 Å². The maximum atomic E-state index is 5.66. The number of hydrogen-bond donors (Lipinski definition) is 3. The van der Waals surface area contributed by atoms with E-state index in [2.05, 4.69) is 39.1 Å². The molecule has 0 spiro atoms. The smallest absolute Gasteiger partial charge is 0.220 e. The van der Waals surface area contributed by atoms with E-state index in [4.69, 9.17) is 5.73 Å². The molecule has 4 N–H and O–H groups in total. The Hall–Kier alpha value is -2.63. The minimum absolute atomic E-state index is 0.263. The van der Waals surface area contributed by atoms with Gasteiger partial charge >= 0.3 is 0 Å². The number of nitrogens with zero attached hydrogens (tertiary/aromatic N) is 3. The summed E-state index contributed by atoms with van der Waals surface area (Å²) in [5.74, 6) is 0.263. The minimum atomic E-state index is 0.263. The van der Waals surface area contributed by atoms with E-state index in [-0.39, 0.29) is 5.95 Å². The van der Waals surface area contributed by atoms with Crippen molar-refractivity contribution in [2.75, 3.05) is 11.1 Å². The Balaban J connectivity index is 2.21. The molecule has 0 saturated carbocycles. The number of hydrogen-bond acceptors (Lipinski definition) is 5. The molecule has 0 atom stereocenters. The van der Waals surface area contributed by atoms with Crippen molar-refractivity contribution in [2.24, 2.45) is 0 Å². The first-order valence-electron chi connectivity index (χ1n) is 6.46. The molecule has 0 aliphatic rings. The third-order valence-corrected chi connectivity index (χ3v) is 2.97. The first kappa shape index (κ1) is 12.4. The highest BCUT2D eigenvalue weighted by Gasteiger charge is 2.13. The summed E-state index contributed by atoms with van der Waals surface area (Å²) < 4.78 is 0. The molecule has 0 aromatic carbocycles. The first-order chi connectivity index (χ1) is 9.65. The van der Waals surface area contributed by atoms with Gasteiger partial charge in [-0.3, -0.25) is 0 Å². The van der Waals surface area contributed by atoms with Crippen LogP contribution in [0.25, 0.3) is 22.3 Å². The van der Waals surface area contributed by atoms with Gasteiger partial charge < -0.3 is 16.0 Å². The van der Waals surface area contributed by atoms with Crippen LogP contribution in [0.2, 0.25) is 0 Å². The Morgan fingerprint density at radius 2 is 2.00 bits per heavy atom. The molecule has 3 rings (SSSR count). The van der Waals surface area contributed by atoms with Crippen LogP contribution in [0.5, 0.6) is 0 Å². The molecular formula is C14H16N6. The molecule has 3 aromatic rings. The summed E-state index contributed by atoms with van der Waals surface area (Å²) in [6, 6.07) is 4.13. The molecule has 0 amide bonds. The Kier molecular flexibility index (Phi) is 2.98. The van der Waals surface area contributed by atoms with Crippen LogP contribution in [0.1, 0.15) is 13.8 Å². The lowest BCUT2D eigenvalue weighted by atomic mass is 10.1. The molecule has 102 valence electrons. The van der Waals surface area contributed by atoms with Crippen LogP contribution in [0, 0.1) is 0 Å². The van der Waals surface area contributed by atoms with Gasteiger partial charge in [-0.2, -0.15) is 0 Å². The quantitative estimate of drug-likeness (QED) is 0.678. The van der Waals surface area contributed by atoms with E-state index < -0.39 is 0 Å². The van der Waals surface area contributed by atoms with Gasteiger partial charge in [-0.25, -0.2) is 15.0 Å². The number of nitrogens with two attached hydrogens (primary N) is 1. The van der Waals surface area contributed by atoms with Gasteiger partial charge in [-0.05, 0) is 26.0 Å². The second-order valence-electron chi connectivity index (χ2n) is 4.88. The van der Waals surface area contributed by atoms with Crippen LogP contribution in [0.15, 0.2) is 30.7 Å². The summed E-state index contributed by atoms with van der Waals surface area (Å²) >= 11 is 0. The Labute approximate surface area is 116 Å². The second kappa shape index (κ2) is 4.80. The number of rotatable bonds is 3. The van der Waals surface area contributed by atoms with E-state index >= 15 is 0 Å². The standard InChI is InChI=1S/C14H16N6/c1-8(2)19-11-4-5-16-13-12(11)9(7-18-13)10-3-6-17-14(15)20-10/h3-8H,1-2H3,(H2,15,17,20)(H2,16,18,19). The van der Waals surface area contributed by atoms with Gasteiger partial charge in [0.15, 0.2) is 0 Å². The number of H-pyrrole nitrogens is 1. The molecule has 0 unspecified atom stereocenters. The van der Waals surface area contributed by atoms with Gasteiger partial charge in [0.1, 0.15) is 5.65 Å². The highest BCUT2D eigenvalue weighted by Crippen LogP contribution is 2.32. The van der Waals surface area contributed by atoms with Gasteiger partial charge in [0.25, 0.3) is 0 Å². The number of anilines is 2. The van der Waals surface area contributed by atoms with Crippen molar-refractivity contribution < 1.29 is 0 Å². The zero-order valence-electron chi connectivity index (χ0n) is 11.4. The lowest BCUT2D eigenvalue weighted by Gasteiger charge is -2.11. The van der Waals surface area contributed by atoms with Crippen LogP contribution < -0.4 is 11.1 Å². The van der Waals surface area contributed by atoms with Crippen LogP contribution in [-0.4, -0.2) is 26.0 Å². The summed E-state index contributed by atoms with van der Waals surface area (Å²) in [6.45, 7) is 4.20. The van der Waals surface area contributed by atoms with Crippen molar-refractivity contribution in [1.82, 2.24) is 19.9 Å². The molecule has 0 fully saturated rings. The maximum absolute atomic E-state index is 5.66. The summed E-state index contributed by atoms with van der Waals surface area (Å²) in [7, 11) is 0.